The molecule has 2 aliphatic rings. The smallest absolute Gasteiger partial charge is 0.248 e. The van der Waals surface area contributed by atoms with Crippen LogP contribution in [-0.4, -0.2) is 23.9 Å². The monoisotopic (exact) mass is 434 g/mol. The molecule has 4 heteroatoms. The Morgan fingerprint density at radius 2 is 1.72 bits per heavy atom. The fourth-order valence-corrected chi connectivity index (χ4v) is 5.11. The van der Waals surface area contributed by atoms with Gasteiger partial charge in [-0.1, -0.05) is 45.2 Å². The number of nitrogens with two attached hydrogens (primary N) is 1. The van der Waals surface area contributed by atoms with Gasteiger partial charge in [0.2, 0.25) is 5.91 Å². The fourth-order valence-electron chi connectivity index (χ4n) is 5.11. The minimum absolute atomic E-state index is 0.392. The van der Waals surface area contributed by atoms with Crippen molar-refractivity contribution in [2.45, 2.75) is 71.8 Å². The Labute approximate surface area is 193 Å². The van der Waals surface area contributed by atoms with E-state index in [1.54, 1.807) is 6.07 Å². The summed E-state index contributed by atoms with van der Waals surface area (Å²) in [6, 6.07) is 12.2. The van der Waals surface area contributed by atoms with Gasteiger partial charge in [-0.2, -0.15) is 0 Å². The first-order valence-corrected chi connectivity index (χ1v) is 12.4. The largest absolute Gasteiger partial charge is 0.457 e. The van der Waals surface area contributed by atoms with E-state index in [2.05, 4.69) is 36.9 Å². The van der Waals surface area contributed by atoms with Gasteiger partial charge < -0.3 is 10.5 Å². The molecule has 1 saturated carbocycles. The molecule has 4 rings (SSSR count). The maximum absolute atomic E-state index is 11.6. The molecule has 1 fully saturated rings. The summed E-state index contributed by atoms with van der Waals surface area (Å²) < 4.78 is 6.23. The summed E-state index contributed by atoms with van der Waals surface area (Å²) >= 11 is 0. The molecule has 2 aromatic carbocycles. The zero-order valence-corrected chi connectivity index (χ0v) is 19.7. The molecular formula is C28H38N2O2. The Balaban J connectivity index is 1.47. The molecule has 0 atom stereocenters. The summed E-state index contributed by atoms with van der Waals surface area (Å²) in [6.45, 7) is 8.04. The van der Waals surface area contributed by atoms with E-state index >= 15 is 0 Å². The summed E-state index contributed by atoms with van der Waals surface area (Å²) in [6.07, 6.45) is 10.0. The SMILES string of the molecule is CC(C)CCN(Cc1ccc2c(c1)CCc1cc(C(N)=O)ccc1O2)CC1CCCCC1. The third-order valence-corrected chi connectivity index (χ3v) is 7.02. The van der Waals surface area contributed by atoms with Gasteiger partial charge in [0.1, 0.15) is 11.5 Å². The van der Waals surface area contributed by atoms with E-state index in [9.17, 15) is 4.79 Å². The number of hydrogen-bond acceptors (Lipinski definition) is 3. The highest BCUT2D eigenvalue weighted by molar-refractivity contribution is 5.93. The second kappa shape index (κ2) is 10.5. The van der Waals surface area contributed by atoms with Crippen LogP contribution in [0.1, 0.15) is 79.4 Å². The molecule has 32 heavy (non-hydrogen) atoms. The van der Waals surface area contributed by atoms with Crippen molar-refractivity contribution in [2.75, 3.05) is 13.1 Å². The third-order valence-electron chi connectivity index (χ3n) is 7.02. The number of carbonyl (C=O) groups is 1. The van der Waals surface area contributed by atoms with Crippen molar-refractivity contribution in [3.63, 3.8) is 0 Å². The van der Waals surface area contributed by atoms with Crippen LogP contribution in [0.3, 0.4) is 0 Å². The second-order valence-electron chi connectivity index (χ2n) is 10.2. The highest BCUT2D eigenvalue weighted by Gasteiger charge is 2.20. The van der Waals surface area contributed by atoms with Gasteiger partial charge in [0.15, 0.2) is 0 Å². The lowest BCUT2D eigenvalue weighted by molar-refractivity contribution is 0.1000. The van der Waals surface area contributed by atoms with Gasteiger partial charge in [0.25, 0.3) is 0 Å². The molecule has 172 valence electrons. The number of amides is 1. The Kier molecular flexibility index (Phi) is 7.51. The van der Waals surface area contributed by atoms with Crippen LogP contribution in [0, 0.1) is 11.8 Å². The Morgan fingerprint density at radius 1 is 1.03 bits per heavy atom. The molecule has 2 aromatic rings. The van der Waals surface area contributed by atoms with Crippen molar-refractivity contribution in [1.29, 1.82) is 0 Å². The highest BCUT2D eigenvalue weighted by atomic mass is 16.5. The predicted octanol–water partition coefficient (Wildman–Crippen LogP) is 6.10. The van der Waals surface area contributed by atoms with Gasteiger partial charge in [0.05, 0.1) is 0 Å². The lowest BCUT2D eigenvalue weighted by Crippen LogP contribution is -2.31. The van der Waals surface area contributed by atoms with Gasteiger partial charge in [0, 0.05) is 18.7 Å². The maximum atomic E-state index is 11.6. The summed E-state index contributed by atoms with van der Waals surface area (Å²) in [5, 5.41) is 0. The minimum Gasteiger partial charge on any atom is -0.457 e. The summed E-state index contributed by atoms with van der Waals surface area (Å²) in [5.74, 6) is 2.95. The van der Waals surface area contributed by atoms with Crippen molar-refractivity contribution in [3.05, 3.63) is 58.7 Å². The van der Waals surface area contributed by atoms with E-state index < -0.39 is 5.91 Å². The average Bonchev–Trinajstić information content (AvgIpc) is 2.96. The van der Waals surface area contributed by atoms with Crippen molar-refractivity contribution in [1.82, 2.24) is 4.90 Å². The first-order chi connectivity index (χ1) is 15.5. The normalized spacial score (nSPS) is 16.4. The van der Waals surface area contributed by atoms with E-state index in [0.717, 1.165) is 48.3 Å². The first kappa shape index (κ1) is 22.8. The molecule has 1 amide bonds. The molecule has 1 heterocycles. The Morgan fingerprint density at radius 3 is 2.41 bits per heavy atom. The summed E-state index contributed by atoms with van der Waals surface area (Å²) in [4.78, 5) is 14.2. The van der Waals surface area contributed by atoms with E-state index in [0.29, 0.717) is 5.56 Å². The van der Waals surface area contributed by atoms with Crippen LogP contribution in [0.15, 0.2) is 36.4 Å². The van der Waals surface area contributed by atoms with Gasteiger partial charge >= 0.3 is 0 Å². The van der Waals surface area contributed by atoms with Crippen LogP contribution in [0.25, 0.3) is 0 Å². The summed E-state index contributed by atoms with van der Waals surface area (Å²) in [5.41, 5.74) is 9.68. The van der Waals surface area contributed by atoms with E-state index in [4.69, 9.17) is 10.5 Å². The molecular weight excluding hydrogens is 396 g/mol. The topological polar surface area (TPSA) is 55.6 Å². The zero-order valence-electron chi connectivity index (χ0n) is 19.7. The number of nitrogens with zero attached hydrogens (tertiary/aromatic N) is 1. The van der Waals surface area contributed by atoms with Crippen LogP contribution >= 0.6 is 0 Å². The molecule has 0 unspecified atom stereocenters. The molecule has 0 radical (unpaired) electrons. The number of benzene rings is 2. The average molecular weight is 435 g/mol. The molecule has 1 aliphatic carbocycles. The Hall–Kier alpha value is -2.33. The van der Waals surface area contributed by atoms with Crippen LogP contribution in [0.2, 0.25) is 0 Å². The van der Waals surface area contributed by atoms with E-state index in [1.807, 2.05) is 12.1 Å². The fraction of sp³-hybridized carbons (Fsp3) is 0.536. The third kappa shape index (κ3) is 5.92. The van der Waals surface area contributed by atoms with Crippen molar-refractivity contribution in [3.8, 4) is 11.5 Å². The van der Waals surface area contributed by atoms with Crippen molar-refractivity contribution in [2.24, 2.45) is 17.6 Å². The van der Waals surface area contributed by atoms with Crippen LogP contribution in [-0.2, 0) is 19.4 Å². The van der Waals surface area contributed by atoms with Gasteiger partial charge in [-0.25, -0.2) is 0 Å². The summed E-state index contributed by atoms with van der Waals surface area (Å²) in [7, 11) is 0. The van der Waals surface area contributed by atoms with Crippen LogP contribution < -0.4 is 10.5 Å². The lowest BCUT2D eigenvalue weighted by Gasteiger charge is -2.30. The first-order valence-electron chi connectivity index (χ1n) is 12.4. The standard InChI is InChI=1S/C28H38N2O2/c1-20(2)14-15-30(18-21-6-4-3-5-7-21)19-22-8-12-26-23(16-22)9-10-24-17-25(28(29)31)11-13-27(24)32-26/h8,11-13,16-17,20-21H,3-7,9-10,14-15,18-19H2,1-2H3,(H2,29,31). The maximum Gasteiger partial charge on any atom is 0.248 e. The Bertz CT molecular complexity index is 931. The van der Waals surface area contributed by atoms with Crippen LogP contribution in [0.4, 0.5) is 0 Å². The van der Waals surface area contributed by atoms with Crippen molar-refractivity contribution >= 4 is 5.91 Å². The van der Waals surface area contributed by atoms with Gasteiger partial charge in [-0.15, -0.1) is 0 Å². The number of hydrogen-bond donors (Lipinski definition) is 1. The van der Waals surface area contributed by atoms with Crippen LogP contribution in [0.5, 0.6) is 11.5 Å². The van der Waals surface area contributed by atoms with Gasteiger partial charge in [-0.3, -0.25) is 9.69 Å². The quantitative estimate of drug-likeness (QED) is 0.546. The number of aryl methyl sites for hydroxylation is 2. The molecule has 0 aromatic heterocycles. The predicted molar refractivity (Wildman–Crippen MR) is 130 cm³/mol. The van der Waals surface area contributed by atoms with E-state index in [1.165, 1.54) is 62.7 Å². The van der Waals surface area contributed by atoms with Gasteiger partial charge in [-0.05, 0) is 91.4 Å². The molecule has 0 spiro atoms. The lowest BCUT2D eigenvalue weighted by atomic mass is 9.88. The second-order valence-corrected chi connectivity index (χ2v) is 10.2. The zero-order chi connectivity index (χ0) is 22.5. The minimum atomic E-state index is -0.392. The van der Waals surface area contributed by atoms with E-state index in [-0.39, 0.29) is 0 Å². The van der Waals surface area contributed by atoms with Crippen molar-refractivity contribution < 1.29 is 9.53 Å². The number of primary amides is 1. The molecule has 1 aliphatic heterocycles. The molecule has 4 nitrogen and oxygen atoms in total. The highest BCUT2D eigenvalue weighted by Crippen LogP contribution is 2.35. The molecule has 2 N–H and O–H groups in total. The number of carbonyl (C=O) groups excluding carboxylic acids is 1. The number of fused-ring (bicyclic) bond motifs is 2. The molecule has 0 bridgehead atoms. The number of ether oxygens (including phenoxy) is 1. The number of rotatable bonds is 8. The molecule has 0 saturated heterocycles.